The number of pyridine rings is 1. The average Bonchev–Trinajstić information content (AvgIpc) is 2.84. The molecule has 0 saturated heterocycles. The molecule has 0 aliphatic carbocycles. The lowest BCUT2D eigenvalue weighted by molar-refractivity contribution is 0.0749. The van der Waals surface area contributed by atoms with Gasteiger partial charge in [-0.25, -0.2) is 4.39 Å². The maximum absolute atomic E-state index is 13.5. The number of fused-ring (bicyclic) bond motifs is 2. The first kappa shape index (κ1) is 13.7. The van der Waals surface area contributed by atoms with Gasteiger partial charge in [-0.15, -0.1) is 0 Å². The van der Waals surface area contributed by atoms with Gasteiger partial charge < -0.3 is 10.2 Å². The highest BCUT2D eigenvalue weighted by molar-refractivity contribution is 6.04. The van der Waals surface area contributed by atoms with E-state index in [0.717, 1.165) is 11.3 Å². The molecule has 7 heteroatoms. The van der Waals surface area contributed by atoms with Crippen LogP contribution in [0.1, 0.15) is 16.1 Å². The van der Waals surface area contributed by atoms with E-state index in [1.165, 1.54) is 12.1 Å². The van der Waals surface area contributed by atoms with E-state index in [9.17, 15) is 9.18 Å². The van der Waals surface area contributed by atoms with Gasteiger partial charge in [0, 0.05) is 48.7 Å². The average molecular weight is 311 g/mol. The predicted octanol–water partition coefficient (Wildman–Crippen LogP) is 2.16. The topological polar surface area (TPSA) is 73.9 Å². The molecular formula is C16H14FN5O. The van der Waals surface area contributed by atoms with E-state index < -0.39 is 0 Å². The number of benzene rings is 1. The van der Waals surface area contributed by atoms with Crippen molar-refractivity contribution in [2.75, 3.05) is 18.4 Å². The van der Waals surface area contributed by atoms with E-state index in [1.807, 2.05) is 6.07 Å². The molecule has 2 N–H and O–H groups in total. The summed E-state index contributed by atoms with van der Waals surface area (Å²) in [6.07, 6.45) is 3.46. The summed E-state index contributed by atoms with van der Waals surface area (Å²) in [5.41, 5.74) is 2.81. The van der Waals surface area contributed by atoms with Crippen molar-refractivity contribution in [1.29, 1.82) is 0 Å². The van der Waals surface area contributed by atoms with Gasteiger partial charge in [-0.1, -0.05) is 0 Å². The number of aromatic nitrogens is 3. The quantitative estimate of drug-likeness (QED) is 0.722. The molecule has 3 aromatic rings. The normalized spacial score (nSPS) is 14.2. The molecule has 116 valence electrons. The second kappa shape index (κ2) is 5.35. The minimum atomic E-state index is -0.389. The highest BCUT2D eigenvalue weighted by Gasteiger charge is 2.24. The van der Waals surface area contributed by atoms with Gasteiger partial charge in [-0.3, -0.25) is 14.9 Å². The molecule has 0 saturated carbocycles. The van der Waals surface area contributed by atoms with Crippen LogP contribution in [0.3, 0.4) is 0 Å². The van der Waals surface area contributed by atoms with Crippen LogP contribution in [-0.2, 0) is 6.54 Å². The second-order valence-electron chi connectivity index (χ2n) is 5.45. The van der Waals surface area contributed by atoms with E-state index in [1.54, 1.807) is 23.4 Å². The van der Waals surface area contributed by atoms with Crippen LogP contribution in [0, 0.1) is 5.82 Å². The Hall–Kier alpha value is -2.96. The molecule has 1 aliphatic heterocycles. The molecule has 0 bridgehead atoms. The number of carbonyl (C=O) groups is 1. The number of hydrogen-bond acceptors (Lipinski definition) is 4. The van der Waals surface area contributed by atoms with Gasteiger partial charge in [0.1, 0.15) is 5.82 Å². The number of anilines is 1. The molecule has 0 spiro atoms. The molecule has 0 fully saturated rings. The fourth-order valence-electron chi connectivity index (χ4n) is 2.81. The summed E-state index contributed by atoms with van der Waals surface area (Å²) in [6, 6.07) is 6.14. The largest absolute Gasteiger partial charge is 0.383 e. The van der Waals surface area contributed by atoms with Gasteiger partial charge in [-0.2, -0.15) is 5.10 Å². The van der Waals surface area contributed by atoms with Crippen LogP contribution < -0.4 is 5.32 Å². The molecule has 0 unspecified atom stereocenters. The summed E-state index contributed by atoms with van der Waals surface area (Å²) >= 11 is 0. The number of amides is 1. The van der Waals surface area contributed by atoms with Crippen LogP contribution in [0.25, 0.3) is 10.9 Å². The lowest BCUT2D eigenvalue weighted by Crippen LogP contribution is -2.33. The Bertz CT molecular complexity index is 891. The Morgan fingerprint density at radius 3 is 3.13 bits per heavy atom. The van der Waals surface area contributed by atoms with Gasteiger partial charge in [0.15, 0.2) is 5.69 Å². The van der Waals surface area contributed by atoms with Crippen LogP contribution in [0.15, 0.2) is 36.7 Å². The number of halogens is 1. The zero-order valence-electron chi connectivity index (χ0n) is 12.2. The van der Waals surface area contributed by atoms with E-state index in [-0.39, 0.29) is 17.4 Å². The number of aromatic amines is 1. The van der Waals surface area contributed by atoms with Crippen molar-refractivity contribution in [3.63, 3.8) is 0 Å². The maximum atomic E-state index is 13.5. The highest BCUT2D eigenvalue weighted by Crippen LogP contribution is 2.22. The van der Waals surface area contributed by atoms with Crippen molar-refractivity contribution < 1.29 is 9.18 Å². The van der Waals surface area contributed by atoms with Crippen molar-refractivity contribution in [1.82, 2.24) is 20.1 Å². The molecule has 0 radical (unpaired) electrons. The maximum Gasteiger partial charge on any atom is 0.275 e. The second-order valence-corrected chi connectivity index (χ2v) is 5.45. The van der Waals surface area contributed by atoms with E-state index >= 15 is 0 Å². The third kappa shape index (κ3) is 2.40. The lowest BCUT2D eigenvalue weighted by Gasteiger charge is -2.19. The van der Waals surface area contributed by atoms with Crippen LogP contribution in [0.4, 0.5) is 10.1 Å². The van der Waals surface area contributed by atoms with Gasteiger partial charge in [0.2, 0.25) is 0 Å². The van der Waals surface area contributed by atoms with Crippen LogP contribution >= 0.6 is 0 Å². The molecule has 1 aromatic carbocycles. The van der Waals surface area contributed by atoms with Crippen molar-refractivity contribution in [3.05, 3.63) is 53.7 Å². The summed E-state index contributed by atoms with van der Waals surface area (Å²) in [6.45, 7) is 1.62. The molecule has 6 nitrogen and oxygen atoms in total. The first-order chi connectivity index (χ1) is 11.2. The Morgan fingerprint density at radius 2 is 2.22 bits per heavy atom. The molecule has 3 heterocycles. The molecule has 23 heavy (non-hydrogen) atoms. The lowest BCUT2D eigenvalue weighted by atomic mass is 10.1. The Balaban J connectivity index is 1.69. The van der Waals surface area contributed by atoms with Crippen molar-refractivity contribution >= 4 is 22.5 Å². The van der Waals surface area contributed by atoms with Gasteiger partial charge >= 0.3 is 0 Å². The standard InChI is InChI=1S/C16H14FN5O/c17-11-1-2-14-12(7-11)15(21-20-14)16(23)22-6-5-19-13-3-4-18-8-10(13)9-22/h1-4,7-8,19H,5-6,9H2,(H,20,21). The summed E-state index contributed by atoms with van der Waals surface area (Å²) < 4.78 is 13.5. The molecule has 0 atom stereocenters. The fraction of sp³-hybridized carbons (Fsp3) is 0.188. The monoisotopic (exact) mass is 311 g/mol. The molecule has 4 rings (SSSR count). The summed E-state index contributed by atoms with van der Waals surface area (Å²) in [4.78, 5) is 18.6. The number of nitrogens with one attached hydrogen (secondary N) is 2. The van der Waals surface area contributed by atoms with Gasteiger partial charge in [0.25, 0.3) is 5.91 Å². The molecule has 2 aromatic heterocycles. The number of nitrogens with zero attached hydrogens (tertiary/aromatic N) is 3. The minimum absolute atomic E-state index is 0.222. The molecular weight excluding hydrogens is 297 g/mol. The first-order valence-electron chi connectivity index (χ1n) is 7.32. The number of hydrogen-bond donors (Lipinski definition) is 2. The summed E-state index contributed by atoms with van der Waals surface area (Å²) in [5.74, 6) is -0.611. The van der Waals surface area contributed by atoms with E-state index in [4.69, 9.17) is 0 Å². The summed E-state index contributed by atoms with van der Waals surface area (Å²) in [5, 5.41) is 10.6. The predicted molar refractivity (Wildman–Crippen MR) is 83.5 cm³/mol. The van der Waals surface area contributed by atoms with Gasteiger partial charge in [0.05, 0.1) is 5.52 Å². The number of carbonyl (C=O) groups excluding carboxylic acids is 1. The van der Waals surface area contributed by atoms with Crippen LogP contribution in [-0.4, -0.2) is 39.1 Å². The number of rotatable bonds is 1. The van der Waals surface area contributed by atoms with Crippen molar-refractivity contribution in [2.24, 2.45) is 0 Å². The smallest absolute Gasteiger partial charge is 0.275 e. The third-order valence-corrected chi connectivity index (χ3v) is 3.98. The Morgan fingerprint density at radius 1 is 1.30 bits per heavy atom. The highest BCUT2D eigenvalue weighted by atomic mass is 19.1. The first-order valence-corrected chi connectivity index (χ1v) is 7.32. The van der Waals surface area contributed by atoms with E-state index in [2.05, 4.69) is 20.5 Å². The van der Waals surface area contributed by atoms with Crippen molar-refractivity contribution in [2.45, 2.75) is 6.54 Å². The van der Waals surface area contributed by atoms with Gasteiger partial charge in [-0.05, 0) is 24.3 Å². The summed E-state index contributed by atoms with van der Waals surface area (Å²) in [7, 11) is 0. The number of H-pyrrole nitrogens is 1. The van der Waals surface area contributed by atoms with Crippen LogP contribution in [0.2, 0.25) is 0 Å². The third-order valence-electron chi connectivity index (χ3n) is 3.98. The minimum Gasteiger partial charge on any atom is -0.383 e. The van der Waals surface area contributed by atoms with Crippen molar-refractivity contribution in [3.8, 4) is 0 Å². The Kier molecular flexibility index (Phi) is 3.18. The Labute approximate surface area is 131 Å². The molecule has 1 amide bonds. The zero-order chi connectivity index (χ0) is 15.8. The zero-order valence-corrected chi connectivity index (χ0v) is 12.2. The SMILES string of the molecule is O=C(c1n[nH]c2ccc(F)cc12)N1CCNc2ccncc2C1. The molecule has 1 aliphatic rings. The van der Waals surface area contributed by atoms with E-state index in [0.29, 0.717) is 30.5 Å². The fourth-order valence-corrected chi connectivity index (χ4v) is 2.81. The van der Waals surface area contributed by atoms with Crippen LogP contribution in [0.5, 0.6) is 0 Å².